The van der Waals surface area contributed by atoms with E-state index in [1.54, 1.807) is 0 Å². The van der Waals surface area contributed by atoms with Crippen LogP contribution in [0.4, 0.5) is 0 Å². The van der Waals surface area contributed by atoms with Gasteiger partial charge in [-0.1, -0.05) is 31.9 Å². The van der Waals surface area contributed by atoms with Crippen molar-refractivity contribution in [2.45, 2.75) is 44.0 Å². The maximum absolute atomic E-state index is 5.80. The monoisotopic (exact) mass is 223 g/mol. The van der Waals surface area contributed by atoms with Crippen molar-refractivity contribution in [3.8, 4) is 0 Å². The molecule has 0 radical (unpaired) electrons. The lowest BCUT2D eigenvalue weighted by atomic mass is 10.1. The van der Waals surface area contributed by atoms with Crippen LogP contribution in [0.25, 0.3) is 0 Å². The summed E-state index contributed by atoms with van der Waals surface area (Å²) >= 11 is 1.94. The summed E-state index contributed by atoms with van der Waals surface area (Å²) in [6.45, 7) is 4.26. The molecule has 1 aromatic carbocycles. The number of thioether (sulfide) groups is 1. The zero-order valence-corrected chi connectivity index (χ0v) is 10.5. The Bertz CT molecular complexity index is 266. The molecule has 0 spiro atoms. The van der Waals surface area contributed by atoms with Crippen LogP contribution in [0.2, 0.25) is 0 Å². The minimum atomic E-state index is 0.143. The average molecular weight is 223 g/mol. The van der Waals surface area contributed by atoms with E-state index in [1.165, 1.54) is 35.5 Å². The van der Waals surface area contributed by atoms with E-state index in [0.29, 0.717) is 0 Å². The fraction of sp³-hybridized carbons (Fsp3) is 0.538. The van der Waals surface area contributed by atoms with Gasteiger partial charge in [0.2, 0.25) is 0 Å². The van der Waals surface area contributed by atoms with Crippen molar-refractivity contribution in [1.29, 1.82) is 0 Å². The van der Waals surface area contributed by atoms with Gasteiger partial charge in [0.15, 0.2) is 0 Å². The molecular formula is C13H21NS. The molecule has 2 N–H and O–H groups in total. The second-order valence-electron chi connectivity index (χ2n) is 3.91. The molecule has 0 amide bonds. The van der Waals surface area contributed by atoms with E-state index >= 15 is 0 Å². The van der Waals surface area contributed by atoms with Gasteiger partial charge in [-0.15, -0.1) is 11.8 Å². The van der Waals surface area contributed by atoms with Crippen LogP contribution in [-0.2, 0) is 0 Å². The van der Waals surface area contributed by atoms with Gasteiger partial charge in [0.1, 0.15) is 0 Å². The summed E-state index contributed by atoms with van der Waals surface area (Å²) in [5.74, 6) is 1.23. The van der Waals surface area contributed by atoms with Crippen LogP contribution in [0.1, 0.15) is 44.7 Å². The van der Waals surface area contributed by atoms with Gasteiger partial charge in [0.05, 0.1) is 0 Å². The second-order valence-corrected chi connectivity index (χ2v) is 5.08. The van der Waals surface area contributed by atoms with Crippen molar-refractivity contribution >= 4 is 11.8 Å². The topological polar surface area (TPSA) is 26.0 Å². The van der Waals surface area contributed by atoms with E-state index in [1.807, 2.05) is 18.7 Å². The van der Waals surface area contributed by atoms with Gasteiger partial charge < -0.3 is 5.73 Å². The van der Waals surface area contributed by atoms with E-state index in [9.17, 15) is 0 Å². The Morgan fingerprint density at radius 2 is 1.87 bits per heavy atom. The molecule has 0 aliphatic carbocycles. The summed E-state index contributed by atoms with van der Waals surface area (Å²) in [6, 6.07) is 8.76. The van der Waals surface area contributed by atoms with Crippen LogP contribution in [0.5, 0.6) is 0 Å². The zero-order chi connectivity index (χ0) is 11.1. The molecule has 1 rings (SSSR count). The SMILES string of the molecule is CCCCCSc1ccc([C@@H](C)N)cc1. The van der Waals surface area contributed by atoms with Crippen molar-refractivity contribution in [2.24, 2.45) is 5.73 Å². The van der Waals surface area contributed by atoms with Crippen LogP contribution >= 0.6 is 11.8 Å². The minimum Gasteiger partial charge on any atom is -0.324 e. The average Bonchev–Trinajstić information content (AvgIpc) is 2.25. The summed E-state index contributed by atoms with van der Waals surface area (Å²) in [4.78, 5) is 1.36. The lowest BCUT2D eigenvalue weighted by Crippen LogP contribution is -2.04. The first-order valence-corrected chi connectivity index (χ1v) is 6.71. The summed E-state index contributed by atoms with van der Waals surface area (Å²) < 4.78 is 0. The molecule has 0 bridgehead atoms. The van der Waals surface area contributed by atoms with Crippen LogP contribution in [-0.4, -0.2) is 5.75 Å². The highest BCUT2D eigenvalue weighted by Crippen LogP contribution is 2.21. The Kier molecular flexibility index (Phi) is 5.81. The van der Waals surface area contributed by atoms with Gasteiger partial charge >= 0.3 is 0 Å². The number of benzene rings is 1. The summed E-state index contributed by atoms with van der Waals surface area (Å²) in [5.41, 5.74) is 7.01. The lowest BCUT2D eigenvalue weighted by molar-refractivity contribution is 0.778. The fourth-order valence-corrected chi connectivity index (χ4v) is 2.32. The highest BCUT2D eigenvalue weighted by Gasteiger charge is 1.99. The predicted molar refractivity (Wildman–Crippen MR) is 69.3 cm³/mol. The molecule has 2 heteroatoms. The van der Waals surface area contributed by atoms with Crippen LogP contribution in [0.15, 0.2) is 29.2 Å². The second kappa shape index (κ2) is 6.91. The van der Waals surface area contributed by atoms with Crippen molar-refractivity contribution < 1.29 is 0 Å². The molecule has 1 nitrogen and oxygen atoms in total. The highest BCUT2D eigenvalue weighted by molar-refractivity contribution is 7.99. The Morgan fingerprint density at radius 1 is 1.20 bits per heavy atom. The number of hydrogen-bond acceptors (Lipinski definition) is 2. The normalized spacial score (nSPS) is 12.7. The molecule has 0 aromatic heterocycles. The molecule has 0 saturated heterocycles. The number of unbranched alkanes of at least 4 members (excludes halogenated alkanes) is 2. The van der Waals surface area contributed by atoms with Crippen molar-refractivity contribution in [3.05, 3.63) is 29.8 Å². The molecule has 0 heterocycles. The first-order chi connectivity index (χ1) is 7.24. The Morgan fingerprint density at radius 3 is 2.40 bits per heavy atom. The first kappa shape index (κ1) is 12.6. The summed E-state index contributed by atoms with van der Waals surface area (Å²) in [7, 11) is 0. The predicted octanol–water partition coefficient (Wildman–Crippen LogP) is 3.99. The summed E-state index contributed by atoms with van der Waals surface area (Å²) in [5, 5.41) is 0. The molecule has 0 aliphatic heterocycles. The molecular weight excluding hydrogens is 202 g/mol. The van der Waals surface area contributed by atoms with Gasteiger partial charge in [-0.2, -0.15) is 0 Å². The highest BCUT2D eigenvalue weighted by atomic mass is 32.2. The van der Waals surface area contributed by atoms with Crippen molar-refractivity contribution in [3.63, 3.8) is 0 Å². The molecule has 84 valence electrons. The largest absolute Gasteiger partial charge is 0.324 e. The molecule has 1 atom stereocenters. The zero-order valence-electron chi connectivity index (χ0n) is 9.70. The van der Waals surface area contributed by atoms with Gasteiger partial charge in [0, 0.05) is 10.9 Å². The number of nitrogens with two attached hydrogens (primary N) is 1. The Balaban J connectivity index is 2.36. The fourth-order valence-electron chi connectivity index (χ4n) is 1.41. The Hall–Kier alpha value is -0.470. The lowest BCUT2D eigenvalue weighted by Gasteiger charge is -2.06. The molecule has 15 heavy (non-hydrogen) atoms. The smallest absolute Gasteiger partial charge is 0.0266 e. The Labute approximate surface area is 97.4 Å². The molecule has 0 aliphatic rings. The third-order valence-electron chi connectivity index (χ3n) is 2.42. The van der Waals surface area contributed by atoms with E-state index < -0.39 is 0 Å². The number of hydrogen-bond donors (Lipinski definition) is 1. The van der Waals surface area contributed by atoms with Crippen LogP contribution < -0.4 is 5.73 Å². The van der Waals surface area contributed by atoms with Gasteiger partial charge in [-0.25, -0.2) is 0 Å². The van der Waals surface area contributed by atoms with E-state index in [-0.39, 0.29) is 6.04 Å². The van der Waals surface area contributed by atoms with Crippen molar-refractivity contribution in [2.75, 3.05) is 5.75 Å². The molecule has 0 fully saturated rings. The third-order valence-corrected chi connectivity index (χ3v) is 3.52. The van der Waals surface area contributed by atoms with Crippen LogP contribution in [0, 0.1) is 0 Å². The van der Waals surface area contributed by atoms with Gasteiger partial charge in [-0.05, 0) is 36.8 Å². The molecule has 1 aromatic rings. The quantitative estimate of drug-likeness (QED) is 0.583. The van der Waals surface area contributed by atoms with Gasteiger partial charge in [0.25, 0.3) is 0 Å². The standard InChI is InChI=1S/C13H21NS/c1-3-4-5-10-15-13-8-6-12(7-9-13)11(2)14/h6-9,11H,3-5,10,14H2,1-2H3/t11-/m1/s1. The maximum atomic E-state index is 5.80. The minimum absolute atomic E-state index is 0.143. The molecule has 0 unspecified atom stereocenters. The van der Waals surface area contributed by atoms with E-state index in [0.717, 1.165) is 0 Å². The third kappa shape index (κ3) is 4.72. The van der Waals surface area contributed by atoms with Gasteiger partial charge in [-0.3, -0.25) is 0 Å². The first-order valence-electron chi connectivity index (χ1n) is 5.72. The summed E-state index contributed by atoms with van der Waals surface area (Å²) in [6.07, 6.45) is 3.95. The van der Waals surface area contributed by atoms with E-state index in [4.69, 9.17) is 5.73 Å². The van der Waals surface area contributed by atoms with E-state index in [2.05, 4.69) is 31.2 Å². The van der Waals surface area contributed by atoms with Crippen molar-refractivity contribution in [1.82, 2.24) is 0 Å². The van der Waals surface area contributed by atoms with Crippen LogP contribution in [0.3, 0.4) is 0 Å². The maximum Gasteiger partial charge on any atom is 0.0266 e. The number of rotatable bonds is 6. The molecule has 0 saturated carbocycles.